The van der Waals surface area contributed by atoms with Crippen molar-refractivity contribution in [3.05, 3.63) is 75.5 Å². The standard InChI is InChI=1S/C23H23N3O4/c1-15-11-13-24(14-12-15)21-20(17-7-9-18(10-8-17)26(29)30)22(27)25(23(21)28)19-6-4-3-5-16(19)2/h3-10,15H,11-14H2,1-2H3. The van der Waals surface area contributed by atoms with E-state index in [-0.39, 0.29) is 11.6 Å². The van der Waals surface area contributed by atoms with Gasteiger partial charge in [-0.25, -0.2) is 4.90 Å². The lowest BCUT2D eigenvalue weighted by Crippen LogP contribution is -2.38. The summed E-state index contributed by atoms with van der Waals surface area (Å²) in [5.74, 6) is -0.154. The number of benzene rings is 2. The molecule has 0 spiro atoms. The fourth-order valence-corrected chi connectivity index (χ4v) is 4.09. The van der Waals surface area contributed by atoms with Gasteiger partial charge in [0.25, 0.3) is 17.5 Å². The van der Waals surface area contributed by atoms with Gasteiger partial charge >= 0.3 is 0 Å². The van der Waals surface area contributed by atoms with Crippen LogP contribution in [0.2, 0.25) is 0 Å². The van der Waals surface area contributed by atoms with Crippen LogP contribution in [0.1, 0.15) is 30.9 Å². The van der Waals surface area contributed by atoms with Crippen molar-refractivity contribution in [1.29, 1.82) is 0 Å². The Morgan fingerprint density at radius 1 is 0.967 bits per heavy atom. The Balaban J connectivity index is 1.82. The Morgan fingerprint density at radius 3 is 2.20 bits per heavy atom. The predicted octanol–water partition coefficient (Wildman–Crippen LogP) is 3.92. The van der Waals surface area contributed by atoms with Gasteiger partial charge in [0.2, 0.25) is 0 Å². The molecule has 2 aliphatic rings. The van der Waals surface area contributed by atoms with E-state index in [1.807, 2.05) is 24.0 Å². The van der Waals surface area contributed by atoms with Crippen molar-refractivity contribution in [1.82, 2.24) is 4.90 Å². The van der Waals surface area contributed by atoms with E-state index >= 15 is 0 Å². The Hall–Kier alpha value is -3.48. The Kier molecular flexibility index (Phi) is 5.11. The van der Waals surface area contributed by atoms with Gasteiger partial charge in [0.1, 0.15) is 5.70 Å². The summed E-state index contributed by atoms with van der Waals surface area (Å²) >= 11 is 0. The van der Waals surface area contributed by atoms with Crippen LogP contribution in [0.5, 0.6) is 0 Å². The van der Waals surface area contributed by atoms with E-state index < -0.39 is 10.8 Å². The minimum absolute atomic E-state index is 0.0553. The monoisotopic (exact) mass is 405 g/mol. The van der Waals surface area contributed by atoms with Gasteiger partial charge in [-0.1, -0.05) is 25.1 Å². The molecule has 4 rings (SSSR count). The highest BCUT2D eigenvalue weighted by atomic mass is 16.6. The molecule has 0 N–H and O–H groups in total. The largest absolute Gasteiger partial charge is 0.366 e. The molecule has 1 saturated heterocycles. The zero-order chi connectivity index (χ0) is 21.4. The minimum Gasteiger partial charge on any atom is -0.366 e. The molecular formula is C23H23N3O4. The number of non-ortho nitro benzene ring substituents is 1. The van der Waals surface area contributed by atoms with Crippen LogP contribution in [0.25, 0.3) is 5.57 Å². The topological polar surface area (TPSA) is 83.8 Å². The molecule has 2 aromatic carbocycles. The molecule has 7 nitrogen and oxygen atoms in total. The van der Waals surface area contributed by atoms with Crippen molar-refractivity contribution >= 4 is 28.8 Å². The molecule has 0 aromatic heterocycles. The smallest absolute Gasteiger partial charge is 0.282 e. The molecule has 0 aliphatic carbocycles. The number of nitro benzene ring substituents is 1. The number of hydrogen-bond acceptors (Lipinski definition) is 5. The predicted molar refractivity (Wildman–Crippen MR) is 114 cm³/mol. The first-order chi connectivity index (χ1) is 14.4. The van der Waals surface area contributed by atoms with Crippen LogP contribution in [-0.2, 0) is 9.59 Å². The van der Waals surface area contributed by atoms with Crippen LogP contribution in [0.3, 0.4) is 0 Å². The third-order valence-corrected chi connectivity index (χ3v) is 5.88. The lowest BCUT2D eigenvalue weighted by molar-refractivity contribution is -0.384. The average molecular weight is 405 g/mol. The summed E-state index contributed by atoms with van der Waals surface area (Å²) in [4.78, 5) is 40.8. The van der Waals surface area contributed by atoms with E-state index in [0.29, 0.717) is 41.5 Å². The fourth-order valence-electron chi connectivity index (χ4n) is 4.09. The molecule has 0 atom stereocenters. The molecule has 0 radical (unpaired) electrons. The van der Waals surface area contributed by atoms with E-state index in [2.05, 4.69) is 6.92 Å². The first-order valence-electron chi connectivity index (χ1n) is 10.1. The van der Waals surface area contributed by atoms with Crippen LogP contribution in [0, 0.1) is 23.0 Å². The fraction of sp³-hybridized carbons (Fsp3) is 0.304. The zero-order valence-corrected chi connectivity index (χ0v) is 17.0. The van der Waals surface area contributed by atoms with Crippen molar-refractivity contribution in [3.63, 3.8) is 0 Å². The maximum atomic E-state index is 13.5. The summed E-state index contributed by atoms with van der Waals surface area (Å²) in [5.41, 5.74) is 2.56. The number of amides is 2. The SMILES string of the molecule is Cc1ccccc1N1C(=O)C(c2ccc([N+](=O)[O-])cc2)=C(N2CCC(C)CC2)C1=O. The van der Waals surface area contributed by atoms with E-state index in [1.165, 1.54) is 17.0 Å². The Labute approximate surface area is 174 Å². The van der Waals surface area contributed by atoms with Crippen LogP contribution in [0.4, 0.5) is 11.4 Å². The molecule has 154 valence electrons. The second-order valence-corrected chi connectivity index (χ2v) is 7.93. The van der Waals surface area contributed by atoms with Gasteiger partial charge in [-0.3, -0.25) is 19.7 Å². The second-order valence-electron chi connectivity index (χ2n) is 7.93. The minimum atomic E-state index is -0.480. The van der Waals surface area contributed by atoms with E-state index in [1.54, 1.807) is 24.3 Å². The quantitative estimate of drug-likeness (QED) is 0.437. The molecule has 0 saturated carbocycles. The molecule has 2 aromatic rings. The molecule has 30 heavy (non-hydrogen) atoms. The lowest BCUT2D eigenvalue weighted by atomic mass is 9.97. The summed E-state index contributed by atoms with van der Waals surface area (Å²) in [7, 11) is 0. The highest BCUT2D eigenvalue weighted by Crippen LogP contribution is 2.37. The molecule has 2 amide bonds. The first-order valence-corrected chi connectivity index (χ1v) is 10.1. The summed E-state index contributed by atoms with van der Waals surface area (Å²) in [6.45, 7) is 5.45. The number of para-hydroxylation sites is 1. The number of carbonyl (C=O) groups is 2. The maximum absolute atomic E-state index is 13.5. The van der Waals surface area contributed by atoms with Crippen LogP contribution in [-0.4, -0.2) is 34.7 Å². The number of likely N-dealkylation sites (tertiary alicyclic amines) is 1. The highest BCUT2D eigenvalue weighted by molar-refractivity contribution is 6.45. The third kappa shape index (κ3) is 3.36. The molecule has 2 heterocycles. The summed E-state index contributed by atoms with van der Waals surface area (Å²) in [6, 6.07) is 13.1. The average Bonchev–Trinajstić information content (AvgIpc) is 2.99. The number of nitro groups is 1. The molecule has 0 unspecified atom stereocenters. The van der Waals surface area contributed by atoms with Gasteiger partial charge in [-0.2, -0.15) is 0 Å². The van der Waals surface area contributed by atoms with Gasteiger partial charge < -0.3 is 4.90 Å². The molecular weight excluding hydrogens is 382 g/mol. The normalized spacial score (nSPS) is 17.8. The van der Waals surface area contributed by atoms with Crippen molar-refractivity contribution in [2.75, 3.05) is 18.0 Å². The van der Waals surface area contributed by atoms with E-state index in [0.717, 1.165) is 18.4 Å². The van der Waals surface area contributed by atoms with Gasteiger partial charge in [-0.05, 0) is 55.0 Å². The lowest BCUT2D eigenvalue weighted by Gasteiger charge is -2.32. The Bertz CT molecular complexity index is 1050. The van der Waals surface area contributed by atoms with Crippen LogP contribution < -0.4 is 4.90 Å². The van der Waals surface area contributed by atoms with Crippen molar-refractivity contribution in [2.45, 2.75) is 26.7 Å². The second kappa shape index (κ2) is 7.74. The number of carbonyl (C=O) groups excluding carboxylic acids is 2. The van der Waals surface area contributed by atoms with Gasteiger partial charge in [-0.15, -0.1) is 0 Å². The summed E-state index contributed by atoms with van der Waals surface area (Å²) < 4.78 is 0. The van der Waals surface area contributed by atoms with Crippen LogP contribution >= 0.6 is 0 Å². The number of piperidine rings is 1. The number of rotatable bonds is 4. The Morgan fingerprint density at radius 2 is 1.60 bits per heavy atom. The molecule has 2 aliphatic heterocycles. The van der Waals surface area contributed by atoms with E-state index in [9.17, 15) is 19.7 Å². The number of hydrogen-bond donors (Lipinski definition) is 0. The molecule has 7 heteroatoms. The number of imide groups is 1. The van der Waals surface area contributed by atoms with Crippen molar-refractivity contribution < 1.29 is 14.5 Å². The van der Waals surface area contributed by atoms with Crippen molar-refractivity contribution in [3.8, 4) is 0 Å². The third-order valence-electron chi connectivity index (χ3n) is 5.88. The van der Waals surface area contributed by atoms with Crippen molar-refractivity contribution in [2.24, 2.45) is 5.92 Å². The number of anilines is 1. The van der Waals surface area contributed by atoms with Crippen LogP contribution in [0.15, 0.2) is 54.2 Å². The highest BCUT2D eigenvalue weighted by Gasteiger charge is 2.43. The first kappa shape index (κ1) is 19.8. The zero-order valence-electron chi connectivity index (χ0n) is 17.0. The molecule has 0 bridgehead atoms. The van der Waals surface area contributed by atoms with Gasteiger partial charge in [0, 0.05) is 25.2 Å². The molecule has 1 fully saturated rings. The van der Waals surface area contributed by atoms with Gasteiger partial charge in [0.15, 0.2) is 0 Å². The summed E-state index contributed by atoms with van der Waals surface area (Å²) in [5, 5.41) is 11.0. The number of nitrogens with zero attached hydrogens (tertiary/aromatic N) is 3. The summed E-state index contributed by atoms with van der Waals surface area (Å²) in [6.07, 6.45) is 1.89. The van der Waals surface area contributed by atoms with Gasteiger partial charge in [0.05, 0.1) is 16.2 Å². The maximum Gasteiger partial charge on any atom is 0.282 e. The van der Waals surface area contributed by atoms with E-state index in [4.69, 9.17) is 0 Å². The number of aryl methyl sites for hydroxylation is 1.